The quantitative estimate of drug-likeness (QED) is 0.744. The maximum atomic E-state index is 6.12. The minimum Gasteiger partial charge on any atom is -0.377 e. The number of morpholine rings is 1. The minimum atomic E-state index is 0.330. The number of hydrogen-bond acceptors (Lipinski definition) is 5. The Labute approximate surface area is 122 Å². The van der Waals surface area contributed by atoms with Crippen LogP contribution in [-0.4, -0.2) is 35.8 Å². The van der Waals surface area contributed by atoms with Gasteiger partial charge in [0, 0.05) is 22.6 Å². The fraction of sp³-hybridized carbons (Fsp3) is 0.692. The molecule has 0 N–H and O–H groups in total. The van der Waals surface area contributed by atoms with Gasteiger partial charge >= 0.3 is 0 Å². The summed E-state index contributed by atoms with van der Waals surface area (Å²) in [4.78, 5) is 11.3. The SMILES string of the molecule is CC1SC(C)c2c1nc(Cl)nc2N1CCOC[C@@H]1C. The van der Waals surface area contributed by atoms with E-state index in [9.17, 15) is 0 Å². The Kier molecular flexibility index (Phi) is 3.62. The second-order valence-electron chi connectivity index (χ2n) is 5.15. The van der Waals surface area contributed by atoms with Crippen molar-refractivity contribution in [3.8, 4) is 0 Å². The average molecular weight is 300 g/mol. The lowest BCUT2D eigenvalue weighted by Crippen LogP contribution is -2.44. The first-order valence-corrected chi connectivity index (χ1v) is 7.97. The monoisotopic (exact) mass is 299 g/mol. The van der Waals surface area contributed by atoms with Gasteiger partial charge in [0.25, 0.3) is 0 Å². The van der Waals surface area contributed by atoms with Crippen LogP contribution in [0.5, 0.6) is 0 Å². The van der Waals surface area contributed by atoms with Crippen LogP contribution in [0.2, 0.25) is 5.28 Å². The highest BCUT2D eigenvalue weighted by atomic mass is 35.5. The molecule has 3 heterocycles. The molecule has 1 aromatic heterocycles. The van der Waals surface area contributed by atoms with E-state index in [1.807, 2.05) is 11.8 Å². The van der Waals surface area contributed by atoms with Gasteiger partial charge in [0.15, 0.2) is 0 Å². The zero-order valence-corrected chi connectivity index (χ0v) is 13.0. The Hall–Kier alpha value is -0.520. The van der Waals surface area contributed by atoms with E-state index in [0.717, 1.165) is 31.3 Å². The molecule has 3 atom stereocenters. The summed E-state index contributed by atoms with van der Waals surface area (Å²) in [5.41, 5.74) is 2.36. The average Bonchev–Trinajstić information content (AvgIpc) is 2.65. The highest BCUT2D eigenvalue weighted by Gasteiger charge is 2.34. The molecule has 0 bridgehead atoms. The van der Waals surface area contributed by atoms with E-state index in [0.29, 0.717) is 21.8 Å². The van der Waals surface area contributed by atoms with E-state index in [1.54, 1.807) is 0 Å². The molecular formula is C13H18ClN3OS. The Balaban J connectivity index is 2.08. The second-order valence-corrected chi connectivity index (χ2v) is 7.18. The molecular weight excluding hydrogens is 282 g/mol. The number of thioether (sulfide) groups is 1. The Morgan fingerprint density at radius 3 is 2.79 bits per heavy atom. The molecule has 4 nitrogen and oxygen atoms in total. The van der Waals surface area contributed by atoms with Gasteiger partial charge in [-0.05, 0) is 32.4 Å². The molecule has 1 aromatic rings. The van der Waals surface area contributed by atoms with Crippen LogP contribution in [0.25, 0.3) is 0 Å². The molecule has 0 radical (unpaired) electrons. The smallest absolute Gasteiger partial charge is 0.224 e. The van der Waals surface area contributed by atoms with Crippen molar-refractivity contribution in [2.75, 3.05) is 24.7 Å². The summed E-state index contributed by atoms with van der Waals surface area (Å²) in [5.74, 6) is 1.01. The number of rotatable bonds is 1. The van der Waals surface area contributed by atoms with Gasteiger partial charge in [-0.1, -0.05) is 0 Å². The van der Waals surface area contributed by atoms with Gasteiger partial charge in [-0.2, -0.15) is 0 Å². The van der Waals surface area contributed by atoms with Crippen LogP contribution in [0.1, 0.15) is 42.5 Å². The summed E-state index contributed by atoms with van der Waals surface area (Å²) < 4.78 is 5.51. The van der Waals surface area contributed by atoms with E-state index in [2.05, 4.69) is 35.6 Å². The molecule has 0 amide bonds. The minimum absolute atomic E-state index is 0.330. The Morgan fingerprint density at radius 1 is 1.26 bits per heavy atom. The normalized spacial score (nSPS) is 30.5. The number of hydrogen-bond donors (Lipinski definition) is 0. The van der Waals surface area contributed by atoms with E-state index in [1.165, 1.54) is 5.56 Å². The van der Waals surface area contributed by atoms with Gasteiger partial charge in [-0.3, -0.25) is 0 Å². The van der Waals surface area contributed by atoms with Crippen molar-refractivity contribution in [1.82, 2.24) is 9.97 Å². The predicted octanol–water partition coefficient (Wildman–Crippen LogP) is 3.22. The van der Waals surface area contributed by atoms with Gasteiger partial charge in [0.2, 0.25) is 5.28 Å². The Bertz CT molecular complexity index is 499. The summed E-state index contributed by atoms with van der Waals surface area (Å²) in [5, 5.41) is 1.17. The number of aromatic nitrogens is 2. The highest BCUT2D eigenvalue weighted by Crippen LogP contribution is 2.52. The molecule has 2 aliphatic rings. The largest absolute Gasteiger partial charge is 0.377 e. The van der Waals surface area contributed by atoms with Crippen LogP contribution >= 0.6 is 23.4 Å². The lowest BCUT2D eigenvalue weighted by atomic mass is 10.1. The molecule has 0 spiro atoms. The molecule has 1 fully saturated rings. The van der Waals surface area contributed by atoms with Gasteiger partial charge in [-0.15, -0.1) is 11.8 Å². The first-order chi connectivity index (χ1) is 9.08. The van der Waals surface area contributed by atoms with E-state index >= 15 is 0 Å². The summed E-state index contributed by atoms with van der Waals surface area (Å²) in [6.45, 7) is 8.93. The zero-order chi connectivity index (χ0) is 13.6. The van der Waals surface area contributed by atoms with Gasteiger partial charge in [0.05, 0.1) is 24.9 Å². The molecule has 2 unspecified atom stereocenters. The van der Waals surface area contributed by atoms with Gasteiger partial charge in [-0.25, -0.2) is 9.97 Å². The van der Waals surface area contributed by atoms with Crippen molar-refractivity contribution in [2.45, 2.75) is 37.3 Å². The molecule has 0 saturated carbocycles. The number of anilines is 1. The van der Waals surface area contributed by atoms with Crippen molar-refractivity contribution in [3.63, 3.8) is 0 Å². The molecule has 0 aliphatic carbocycles. The Morgan fingerprint density at radius 2 is 2.05 bits per heavy atom. The van der Waals surface area contributed by atoms with Crippen molar-refractivity contribution in [1.29, 1.82) is 0 Å². The lowest BCUT2D eigenvalue weighted by molar-refractivity contribution is 0.0984. The maximum Gasteiger partial charge on any atom is 0.224 e. The number of nitrogens with zero attached hydrogens (tertiary/aromatic N) is 3. The molecule has 3 rings (SSSR count). The van der Waals surface area contributed by atoms with Crippen molar-refractivity contribution in [3.05, 3.63) is 16.5 Å². The predicted molar refractivity (Wildman–Crippen MR) is 79.1 cm³/mol. The van der Waals surface area contributed by atoms with Crippen LogP contribution in [0.4, 0.5) is 5.82 Å². The molecule has 104 valence electrons. The molecule has 19 heavy (non-hydrogen) atoms. The van der Waals surface area contributed by atoms with Crippen LogP contribution < -0.4 is 4.90 Å². The third kappa shape index (κ3) is 2.32. The van der Waals surface area contributed by atoms with Crippen LogP contribution in [0.3, 0.4) is 0 Å². The highest BCUT2D eigenvalue weighted by molar-refractivity contribution is 8.00. The summed E-state index contributed by atoms with van der Waals surface area (Å²) in [6.07, 6.45) is 0. The summed E-state index contributed by atoms with van der Waals surface area (Å²) in [6, 6.07) is 0.330. The summed E-state index contributed by atoms with van der Waals surface area (Å²) in [7, 11) is 0. The fourth-order valence-corrected chi connectivity index (χ4v) is 4.30. The standard InChI is InChI=1S/C13H18ClN3OS/c1-7-6-18-5-4-17(7)12-10-8(2)19-9(3)11(10)15-13(14)16-12/h7-9H,4-6H2,1-3H3/t7-,8?,9?/m0/s1. The van der Waals surface area contributed by atoms with Crippen LogP contribution in [0.15, 0.2) is 0 Å². The first-order valence-electron chi connectivity index (χ1n) is 6.65. The maximum absolute atomic E-state index is 6.12. The molecule has 6 heteroatoms. The fourth-order valence-electron chi connectivity index (χ4n) is 2.85. The first kappa shape index (κ1) is 13.5. The van der Waals surface area contributed by atoms with E-state index < -0.39 is 0 Å². The van der Waals surface area contributed by atoms with Crippen LogP contribution in [-0.2, 0) is 4.74 Å². The molecule has 2 aliphatic heterocycles. The van der Waals surface area contributed by atoms with Crippen molar-refractivity contribution < 1.29 is 4.74 Å². The third-order valence-electron chi connectivity index (χ3n) is 3.77. The third-order valence-corrected chi connectivity index (χ3v) is 5.21. The molecule has 0 aromatic carbocycles. The number of fused-ring (bicyclic) bond motifs is 1. The topological polar surface area (TPSA) is 38.2 Å². The van der Waals surface area contributed by atoms with Crippen LogP contribution in [0, 0.1) is 0 Å². The molecule has 1 saturated heterocycles. The van der Waals surface area contributed by atoms with Crippen molar-refractivity contribution >= 4 is 29.2 Å². The van der Waals surface area contributed by atoms with E-state index in [-0.39, 0.29) is 0 Å². The number of halogens is 1. The second kappa shape index (κ2) is 5.11. The van der Waals surface area contributed by atoms with E-state index in [4.69, 9.17) is 16.3 Å². The van der Waals surface area contributed by atoms with Gasteiger partial charge < -0.3 is 9.64 Å². The summed E-state index contributed by atoms with van der Waals surface area (Å²) >= 11 is 8.04. The lowest BCUT2D eigenvalue weighted by Gasteiger charge is -2.35. The van der Waals surface area contributed by atoms with Gasteiger partial charge in [0.1, 0.15) is 5.82 Å². The number of ether oxygens (including phenoxy) is 1. The zero-order valence-electron chi connectivity index (χ0n) is 11.4. The van der Waals surface area contributed by atoms with Crippen molar-refractivity contribution in [2.24, 2.45) is 0 Å².